The molecule has 3 aromatic rings. The summed E-state index contributed by atoms with van der Waals surface area (Å²) in [5, 5.41) is 11.6. The topological polar surface area (TPSA) is 76.1 Å². The third kappa shape index (κ3) is 4.39. The fourth-order valence-electron chi connectivity index (χ4n) is 4.30. The van der Waals surface area contributed by atoms with Crippen molar-refractivity contribution in [2.45, 2.75) is 32.2 Å². The number of anilines is 1. The summed E-state index contributed by atoms with van der Waals surface area (Å²) >= 11 is 0. The van der Waals surface area contributed by atoms with Crippen molar-refractivity contribution in [2.24, 2.45) is 0 Å². The summed E-state index contributed by atoms with van der Waals surface area (Å²) < 4.78 is 10.8. The number of rotatable bonds is 5. The van der Waals surface area contributed by atoms with Crippen LogP contribution < -0.4 is 14.4 Å². The maximum atomic E-state index is 13.4. The number of Topliss-reactive ketones (excluding diaryl/α,β-unsaturated/α-hetero) is 1. The van der Waals surface area contributed by atoms with Gasteiger partial charge in [-0.3, -0.25) is 14.5 Å². The van der Waals surface area contributed by atoms with Crippen molar-refractivity contribution in [3.8, 4) is 11.5 Å². The number of benzene rings is 3. The Hall–Kier alpha value is -4.06. The Bertz CT molecular complexity index is 1290. The molecule has 3 aromatic carbocycles. The number of carbonyl (C=O) groups excluding carboxylic acids is 2. The van der Waals surface area contributed by atoms with Gasteiger partial charge in [-0.05, 0) is 52.9 Å². The van der Waals surface area contributed by atoms with Gasteiger partial charge in [0.15, 0.2) is 0 Å². The third-order valence-corrected chi connectivity index (χ3v) is 6.23. The maximum absolute atomic E-state index is 13.4. The standard InChI is InChI=1S/C29H29NO5/c1-29(2,3)19-11-16-23(35-5)22(17-19)26(31)24-25(18-9-7-6-8-10-18)30(28(33)27(24)32)20-12-14-21(34-4)15-13-20/h6-17,25,31H,1-5H3/b26-24+. The second-order valence-electron chi connectivity index (χ2n) is 9.44. The molecule has 1 N–H and O–H groups in total. The van der Waals surface area contributed by atoms with E-state index in [1.807, 2.05) is 42.5 Å². The SMILES string of the molecule is COc1ccc(N2C(=O)C(=O)/C(=C(/O)c3cc(C(C)(C)C)ccc3OC)C2c2ccccc2)cc1. The molecule has 1 fully saturated rings. The molecular formula is C29H29NO5. The molecule has 0 aliphatic carbocycles. The molecule has 35 heavy (non-hydrogen) atoms. The molecule has 6 nitrogen and oxygen atoms in total. The highest BCUT2D eigenvalue weighted by molar-refractivity contribution is 6.51. The third-order valence-electron chi connectivity index (χ3n) is 6.23. The van der Waals surface area contributed by atoms with Gasteiger partial charge in [-0.15, -0.1) is 0 Å². The van der Waals surface area contributed by atoms with E-state index in [-0.39, 0.29) is 16.7 Å². The predicted molar refractivity (Wildman–Crippen MR) is 136 cm³/mol. The van der Waals surface area contributed by atoms with Gasteiger partial charge in [-0.1, -0.05) is 57.2 Å². The maximum Gasteiger partial charge on any atom is 0.300 e. The van der Waals surface area contributed by atoms with Crippen LogP contribution in [-0.4, -0.2) is 31.0 Å². The van der Waals surface area contributed by atoms with Crippen molar-refractivity contribution < 1.29 is 24.2 Å². The first-order valence-corrected chi connectivity index (χ1v) is 11.4. The van der Waals surface area contributed by atoms with Crippen LogP contribution >= 0.6 is 0 Å². The highest BCUT2D eigenvalue weighted by atomic mass is 16.5. The Morgan fingerprint density at radius 2 is 1.54 bits per heavy atom. The predicted octanol–water partition coefficient (Wildman–Crippen LogP) is 5.63. The molecule has 0 aromatic heterocycles. The molecule has 1 amide bonds. The number of ether oxygens (including phenoxy) is 2. The van der Waals surface area contributed by atoms with Gasteiger partial charge < -0.3 is 14.6 Å². The Balaban J connectivity index is 1.96. The van der Waals surface area contributed by atoms with E-state index >= 15 is 0 Å². The zero-order chi connectivity index (χ0) is 25.3. The summed E-state index contributed by atoms with van der Waals surface area (Å²) in [4.78, 5) is 28.2. The van der Waals surface area contributed by atoms with E-state index in [1.165, 1.54) is 12.0 Å². The second kappa shape index (κ2) is 9.29. The minimum Gasteiger partial charge on any atom is -0.507 e. The van der Waals surface area contributed by atoms with Crippen LogP contribution in [0.3, 0.4) is 0 Å². The molecule has 1 aliphatic rings. The van der Waals surface area contributed by atoms with Crippen LogP contribution in [0.2, 0.25) is 0 Å². The van der Waals surface area contributed by atoms with Crippen LogP contribution in [0, 0.1) is 0 Å². The van der Waals surface area contributed by atoms with Crippen LogP contribution in [0.5, 0.6) is 11.5 Å². The van der Waals surface area contributed by atoms with Gasteiger partial charge in [0.1, 0.15) is 17.3 Å². The highest BCUT2D eigenvalue weighted by Crippen LogP contribution is 2.44. The summed E-state index contributed by atoms with van der Waals surface area (Å²) in [5.41, 5.74) is 2.37. The summed E-state index contributed by atoms with van der Waals surface area (Å²) in [6.07, 6.45) is 0. The van der Waals surface area contributed by atoms with E-state index in [1.54, 1.807) is 37.4 Å². The molecule has 180 valence electrons. The van der Waals surface area contributed by atoms with Crippen molar-refractivity contribution in [1.29, 1.82) is 0 Å². The number of carbonyl (C=O) groups is 2. The number of amides is 1. The average Bonchev–Trinajstić information content (AvgIpc) is 3.13. The molecule has 0 spiro atoms. The van der Waals surface area contributed by atoms with Crippen molar-refractivity contribution >= 4 is 23.1 Å². The van der Waals surface area contributed by atoms with Gasteiger partial charge in [0.05, 0.1) is 31.4 Å². The molecule has 0 saturated carbocycles. The normalized spacial score (nSPS) is 17.5. The number of hydrogen-bond donors (Lipinski definition) is 1. The molecular weight excluding hydrogens is 442 g/mol. The van der Waals surface area contributed by atoms with Crippen molar-refractivity contribution in [2.75, 3.05) is 19.1 Å². The number of nitrogens with zero attached hydrogens (tertiary/aromatic N) is 1. The number of aliphatic hydroxyl groups excluding tert-OH is 1. The van der Waals surface area contributed by atoms with Gasteiger partial charge in [0.2, 0.25) is 0 Å². The lowest BCUT2D eigenvalue weighted by molar-refractivity contribution is -0.132. The van der Waals surface area contributed by atoms with Crippen LogP contribution in [0.25, 0.3) is 5.76 Å². The average molecular weight is 472 g/mol. The molecule has 0 radical (unpaired) electrons. The largest absolute Gasteiger partial charge is 0.507 e. The molecule has 0 bridgehead atoms. The zero-order valence-electron chi connectivity index (χ0n) is 20.5. The summed E-state index contributed by atoms with van der Waals surface area (Å²) in [5.74, 6) is -0.689. The molecule has 1 heterocycles. The van der Waals surface area contributed by atoms with Crippen molar-refractivity contribution in [1.82, 2.24) is 0 Å². The van der Waals surface area contributed by atoms with Gasteiger partial charge in [0, 0.05) is 5.69 Å². The van der Waals surface area contributed by atoms with Crippen molar-refractivity contribution in [3.63, 3.8) is 0 Å². The van der Waals surface area contributed by atoms with E-state index in [4.69, 9.17) is 9.47 Å². The van der Waals surface area contributed by atoms with E-state index < -0.39 is 17.7 Å². The van der Waals surface area contributed by atoms with Gasteiger partial charge in [-0.25, -0.2) is 0 Å². The second-order valence-corrected chi connectivity index (χ2v) is 9.44. The molecule has 1 saturated heterocycles. The van der Waals surface area contributed by atoms with Gasteiger partial charge in [0.25, 0.3) is 11.7 Å². The zero-order valence-corrected chi connectivity index (χ0v) is 20.5. The Morgan fingerprint density at radius 3 is 2.11 bits per heavy atom. The van der Waals surface area contributed by atoms with E-state index in [2.05, 4.69) is 20.8 Å². The fraction of sp³-hybridized carbons (Fsp3) is 0.241. The number of aliphatic hydroxyl groups is 1. The fourth-order valence-corrected chi connectivity index (χ4v) is 4.30. The summed E-state index contributed by atoms with van der Waals surface area (Å²) in [6.45, 7) is 6.18. The molecule has 1 atom stereocenters. The lowest BCUT2D eigenvalue weighted by atomic mass is 9.85. The van der Waals surface area contributed by atoms with E-state index in [0.717, 1.165) is 5.56 Å². The summed E-state index contributed by atoms with van der Waals surface area (Å²) in [6, 6.07) is 20.8. The molecule has 4 rings (SSSR count). The first-order chi connectivity index (χ1) is 16.7. The molecule has 1 unspecified atom stereocenters. The van der Waals surface area contributed by atoms with Crippen LogP contribution in [0.4, 0.5) is 5.69 Å². The Kier molecular flexibility index (Phi) is 6.39. The van der Waals surface area contributed by atoms with Crippen LogP contribution in [-0.2, 0) is 15.0 Å². The quantitative estimate of drug-likeness (QED) is 0.297. The minimum atomic E-state index is -0.812. The minimum absolute atomic E-state index is 0.0152. The smallest absolute Gasteiger partial charge is 0.300 e. The number of hydrogen-bond acceptors (Lipinski definition) is 5. The van der Waals surface area contributed by atoms with Crippen molar-refractivity contribution in [3.05, 3.63) is 95.1 Å². The lowest BCUT2D eigenvalue weighted by Crippen LogP contribution is -2.29. The Labute approximate surface area is 205 Å². The van der Waals surface area contributed by atoms with Crippen LogP contribution in [0.1, 0.15) is 43.5 Å². The summed E-state index contributed by atoms with van der Waals surface area (Å²) in [7, 11) is 3.07. The van der Waals surface area contributed by atoms with Crippen LogP contribution in [0.15, 0.2) is 78.4 Å². The van der Waals surface area contributed by atoms with Gasteiger partial charge in [-0.2, -0.15) is 0 Å². The van der Waals surface area contributed by atoms with E-state index in [0.29, 0.717) is 28.3 Å². The highest BCUT2D eigenvalue weighted by Gasteiger charge is 2.47. The lowest BCUT2D eigenvalue weighted by Gasteiger charge is -2.26. The van der Waals surface area contributed by atoms with E-state index in [9.17, 15) is 14.7 Å². The first-order valence-electron chi connectivity index (χ1n) is 11.4. The molecule has 1 aliphatic heterocycles. The number of ketones is 1. The number of methoxy groups -OCH3 is 2. The molecule has 6 heteroatoms. The Morgan fingerprint density at radius 1 is 0.886 bits per heavy atom. The van der Waals surface area contributed by atoms with Gasteiger partial charge >= 0.3 is 0 Å². The first kappa shape index (κ1) is 24.1. The monoisotopic (exact) mass is 471 g/mol.